The molecule has 0 aliphatic carbocycles. The fourth-order valence-electron chi connectivity index (χ4n) is 1.07. The topological polar surface area (TPSA) is 23.1 Å². The maximum atomic E-state index is 11.4. The number of unbranched alkanes of at least 4 members (excludes halogenated alkanes) is 2. The molecule has 0 aromatic heterocycles. The van der Waals surface area contributed by atoms with Gasteiger partial charge in [-0.2, -0.15) is 0 Å². The molecular weight excluding hydrogens is 168 g/mol. The summed E-state index contributed by atoms with van der Waals surface area (Å²) < 4.78 is 11.4. The van der Waals surface area contributed by atoms with Crippen LogP contribution in [0, 0.1) is 5.41 Å². The summed E-state index contributed by atoms with van der Waals surface area (Å²) in [7, 11) is 0. The molecule has 0 saturated carbocycles. The van der Waals surface area contributed by atoms with Gasteiger partial charge in [0.05, 0.1) is 0 Å². The Bertz CT molecular complexity index is 107. The summed E-state index contributed by atoms with van der Waals surface area (Å²) >= 11 is -0.591. The smallest absolute Gasteiger partial charge is 0.110 e. The van der Waals surface area contributed by atoms with Crippen LogP contribution in [0.25, 0.3) is 0 Å². The summed E-state index contributed by atoms with van der Waals surface area (Å²) in [5.41, 5.74) is 0.219. The minimum atomic E-state index is -0.591. The molecule has 0 bridgehead atoms. The van der Waals surface area contributed by atoms with Gasteiger partial charge in [0.15, 0.2) is 0 Å². The Labute approximate surface area is 80.1 Å². The van der Waals surface area contributed by atoms with Crippen molar-refractivity contribution in [2.75, 3.05) is 11.5 Å². The zero-order chi connectivity index (χ0) is 9.61. The molecule has 2 heteroatoms. The van der Waals surface area contributed by atoms with Crippen molar-refractivity contribution in [2.45, 2.75) is 47.0 Å². The third kappa shape index (κ3) is 8.41. The molecule has 0 amide bonds. The van der Waals surface area contributed by atoms with Crippen LogP contribution in [0.4, 0.5) is 0 Å². The molecule has 0 aromatic rings. The maximum Gasteiger partial charge on any atom is 0.110 e. The van der Waals surface area contributed by atoms with Gasteiger partial charge in [0, 0.05) is 5.41 Å². The normalized spacial score (nSPS) is 14.8. The van der Waals surface area contributed by atoms with Crippen molar-refractivity contribution >= 4 is 11.2 Å². The Morgan fingerprint density at radius 2 is 1.75 bits per heavy atom. The van der Waals surface area contributed by atoms with E-state index >= 15 is 0 Å². The standard InChI is InChI=1S/C10H22OS/c1-5-6-7-8-12(11)9-10(2,3)4/h5-9H2,1-4H3. The molecule has 0 aromatic carbocycles. The number of rotatable bonds is 5. The SMILES string of the molecule is CCCCC[S+]([O-])CC(C)(C)C. The third-order valence-corrected chi connectivity index (χ3v) is 3.50. The van der Waals surface area contributed by atoms with Crippen molar-refractivity contribution in [3.05, 3.63) is 0 Å². The summed E-state index contributed by atoms with van der Waals surface area (Å²) in [6.45, 7) is 8.60. The highest BCUT2D eigenvalue weighted by atomic mass is 32.2. The van der Waals surface area contributed by atoms with Gasteiger partial charge in [0.2, 0.25) is 0 Å². The van der Waals surface area contributed by atoms with Gasteiger partial charge in [0.25, 0.3) is 0 Å². The molecule has 1 atom stereocenters. The molecule has 0 radical (unpaired) electrons. The zero-order valence-electron chi connectivity index (χ0n) is 8.85. The summed E-state index contributed by atoms with van der Waals surface area (Å²) in [6.07, 6.45) is 3.56. The first-order valence-corrected chi connectivity index (χ1v) is 6.29. The predicted octanol–water partition coefficient (Wildman–Crippen LogP) is 2.97. The van der Waals surface area contributed by atoms with Crippen molar-refractivity contribution < 1.29 is 4.55 Å². The van der Waals surface area contributed by atoms with Gasteiger partial charge in [-0.05, 0) is 12.8 Å². The Kier molecular flexibility index (Phi) is 6.02. The molecule has 1 unspecified atom stereocenters. The van der Waals surface area contributed by atoms with E-state index in [1.165, 1.54) is 12.8 Å². The summed E-state index contributed by atoms with van der Waals surface area (Å²) in [5, 5.41) is 0. The Morgan fingerprint density at radius 1 is 1.17 bits per heavy atom. The van der Waals surface area contributed by atoms with E-state index in [1.807, 2.05) is 0 Å². The van der Waals surface area contributed by atoms with E-state index in [2.05, 4.69) is 27.7 Å². The van der Waals surface area contributed by atoms with E-state index in [0.717, 1.165) is 17.9 Å². The monoisotopic (exact) mass is 190 g/mol. The predicted molar refractivity (Wildman–Crippen MR) is 56.9 cm³/mol. The number of hydrogen-bond acceptors (Lipinski definition) is 1. The second-order valence-electron chi connectivity index (χ2n) is 4.56. The van der Waals surface area contributed by atoms with Crippen molar-refractivity contribution in [2.24, 2.45) is 5.41 Å². The lowest BCUT2D eigenvalue weighted by Crippen LogP contribution is -2.22. The summed E-state index contributed by atoms with van der Waals surface area (Å²) in [5.74, 6) is 1.74. The lowest BCUT2D eigenvalue weighted by Gasteiger charge is -2.20. The van der Waals surface area contributed by atoms with Crippen LogP contribution in [0.15, 0.2) is 0 Å². The minimum absolute atomic E-state index is 0.219. The highest BCUT2D eigenvalue weighted by Gasteiger charge is 2.18. The Morgan fingerprint density at radius 3 is 2.17 bits per heavy atom. The second-order valence-corrected chi connectivity index (χ2v) is 6.13. The van der Waals surface area contributed by atoms with Crippen molar-refractivity contribution in [1.29, 1.82) is 0 Å². The van der Waals surface area contributed by atoms with E-state index in [1.54, 1.807) is 0 Å². The van der Waals surface area contributed by atoms with E-state index < -0.39 is 11.2 Å². The maximum absolute atomic E-state index is 11.4. The lowest BCUT2D eigenvalue weighted by molar-refractivity contribution is 0.461. The quantitative estimate of drug-likeness (QED) is 0.483. The van der Waals surface area contributed by atoms with Crippen LogP contribution >= 0.6 is 0 Å². The van der Waals surface area contributed by atoms with Crippen LogP contribution in [0.1, 0.15) is 47.0 Å². The molecule has 0 spiro atoms. The lowest BCUT2D eigenvalue weighted by atomic mass is 10.0. The first kappa shape index (κ1) is 12.3. The fourth-order valence-corrected chi connectivity index (χ4v) is 2.70. The molecular formula is C10H22OS. The van der Waals surface area contributed by atoms with E-state index in [9.17, 15) is 4.55 Å². The molecule has 0 saturated heterocycles. The van der Waals surface area contributed by atoms with Crippen LogP contribution in [0.5, 0.6) is 0 Å². The summed E-state index contributed by atoms with van der Waals surface area (Å²) in [4.78, 5) is 0. The Hall–Kier alpha value is 0.310. The Balaban J connectivity index is 3.40. The first-order valence-electron chi connectivity index (χ1n) is 4.80. The van der Waals surface area contributed by atoms with Gasteiger partial charge in [-0.15, -0.1) is 0 Å². The van der Waals surface area contributed by atoms with Crippen LogP contribution in [-0.4, -0.2) is 16.1 Å². The molecule has 1 nitrogen and oxygen atoms in total. The number of hydrogen-bond donors (Lipinski definition) is 0. The molecule has 0 aliphatic heterocycles. The molecule has 0 N–H and O–H groups in total. The van der Waals surface area contributed by atoms with Gasteiger partial charge in [0.1, 0.15) is 11.5 Å². The molecule has 0 heterocycles. The van der Waals surface area contributed by atoms with Gasteiger partial charge < -0.3 is 4.55 Å². The van der Waals surface area contributed by atoms with Crippen molar-refractivity contribution in [3.8, 4) is 0 Å². The molecule has 0 fully saturated rings. The highest BCUT2D eigenvalue weighted by molar-refractivity contribution is 7.91. The van der Waals surface area contributed by atoms with Gasteiger partial charge in [-0.1, -0.05) is 45.3 Å². The van der Waals surface area contributed by atoms with E-state index in [4.69, 9.17) is 0 Å². The molecule has 0 rings (SSSR count). The largest absolute Gasteiger partial charge is 0.616 e. The average molecular weight is 190 g/mol. The highest BCUT2D eigenvalue weighted by Crippen LogP contribution is 2.17. The minimum Gasteiger partial charge on any atom is -0.616 e. The van der Waals surface area contributed by atoms with Crippen LogP contribution in [-0.2, 0) is 11.2 Å². The summed E-state index contributed by atoms with van der Waals surface area (Å²) in [6, 6.07) is 0. The van der Waals surface area contributed by atoms with Gasteiger partial charge in [-0.3, -0.25) is 0 Å². The molecule has 0 aliphatic rings. The molecule has 12 heavy (non-hydrogen) atoms. The van der Waals surface area contributed by atoms with E-state index in [0.29, 0.717) is 0 Å². The first-order chi connectivity index (χ1) is 5.45. The fraction of sp³-hybridized carbons (Fsp3) is 1.00. The van der Waals surface area contributed by atoms with Crippen LogP contribution < -0.4 is 0 Å². The zero-order valence-corrected chi connectivity index (χ0v) is 9.67. The second kappa shape index (κ2) is 5.87. The van der Waals surface area contributed by atoms with Crippen molar-refractivity contribution in [1.82, 2.24) is 0 Å². The van der Waals surface area contributed by atoms with E-state index in [-0.39, 0.29) is 5.41 Å². The van der Waals surface area contributed by atoms with Crippen LogP contribution in [0.3, 0.4) is 0 Å². The third-order valence-electron chi connectivity index (χ3n) is 1.57. The van der Waals surface area contributed by atoms with Crippen molar-refractivity contribution in [3.63, 3.8) is 0 Å². The van der Waals surface area contributed by atoms with Gasteiger partial charge >= 0.3 is 0 Å². The van der Waals surface area contributed by atoms with Gasteiger partial charge in [-0.25, -0.2) is 0 Å². The molecule has 74 valence electrons. The average Bonchev–Trinajstić information content (AvgIpc) is 1.84. The van der Waals surface area contributed by atoms with Crippen LogP contribution in [0.2, 0.25) is 0 Å².